The Hall–Kier alpha value is -2.57. The predicted octanol–water partition coefficient (Wildman–Crippen LogP) is 2.75. The summed E-state index contributed by atoms with van der Waals surface area (Å²) in [5, 5.41) is 6.53. The summed E-state index contributed by atoms with van der Waals surface area (Å²) in [7, 11) is 0. The summed E-state index contributed by atoms with van der Waals surface area (Å²) in [5.41, 5.74) is 0.588. The average Bonchev–Trinajstić information content (AvgIpc) is 2.94. The Morgan fingerprint density at radius 2 is 2.04 bits per heavy atom. The van der Waals surface area contributed by atoms with Crippen LogP contribution in [0.25, 0.3) is 0 Å². The lowest BCUT2D eigenvalue weighted by atomic mass is 10.2. The van der Waals surface area contributed by atoms with Gasteiger partial charge < -0.3 is 19.3 Å². The molecule has 1 aromatic carbocycles. The summed E-state index contributed by atoms with van der Waals surface area (Å²) in [5.74, 6) is 2.14. The smallest absolute Gasteiger partial charge is 0.227 e. The van der Waals surface area contributed by atoms with Crippen molar-refractivity contribution < 1.29 is 18.8 Å². The number of carbonyl (C=O) groups is 1. The van der Waals surface area contributed by atoms with E-state index in [1.54, 1.807) is 19.1 Å². The van der Waals surface area contributed by atoms with Crippen molar-refractivity contribution in [3.8, 4) is 11.5 Å². The quantitative estimate of drug-likeness (QED) is 0.805. The van der Waals surface area contributed by atoms with Crippen LogP contribution in [0.2, 0.25) is 0 Å². The van der Waals surface area contributed by atoms with Crippen molar-refractivity contribution in [3.05, 3.63) is 29.9 Å². The largest absolute Gasteiger partial charge is 0.494 e. The molecule has 2 rings (SSSR count). The Balaban J connectivity index is 2.01. The first-order valence-corrected chi connectivity index (χ1v) is 7.61. The number of nitrogens with one attached hydrogen (secondary N) is 1. The summed E-state index contributed by atoms with van der Waals surface area (Å²) in [6, 6.07) is 5.35. The molecule has 0 aliphatic carbocycles. The van der Waals surface area contributed by atoms with E-state index in [1.807, 2.05) is 19.9 Å². The number of aromatic nitrogens is 2. The molecule has 0 spiro atoms. The zero-order valence-electron chi connectivity index (χ0n) is 13.6. The van der Waals surface area contributed by atoms with Crippen molar-refractivity contribution in [3.63, 3.8) is 0 Å². The third kappa shape index (κ3) is 4.98. The number of benzene rings is 1. The Bertz CT molecular complexity index is 655. The highest BCUT2D eigenvalue weighted by Gasteiger charge is 2.11. The monoisotopic (exact) mass is 319 g/mol. The van der Waals surface area contributed by atoms with Gasteiger partial charge in [-0.05, 0) is 32.9 Å². The fraction of sp³-hybridized carbons (Fsp3) is 0.438. The Morgan fingerprint density at radius 3 is 2.70 bits per heavy atom. The lowest BCUT2D eigenvalue weighted by molar-refractivity contribution is -0.116. The minimum atomic E-state index is -0.157. The Morgan fingerprint density at radius 1 is 1.26 bits per heavy atom. The SMILES string of the molecule is CCOc1ccc(OCC)c(NC(=O)CCc2nc(C)no2)c1. The maximum absolute atomic E-state index is 12.1. The molecular weight excluding hydrogens is 298 g/mol. The van der Waals surface area contributed by atoms with Crippen LogP contribution in [0.1, 0.15) is 32.0 Å². The van der Waals surface area contributed by atoms with E-state index in [2.05, 4.69) is 15.5 Å². The highest BCUT2D eigenvalue weighted by atomic mass is 16.5. The normalized spacial score (nSPS) is 10.4. The van der Waals surface area contributed by atoms with Gasteiger partial charge in [0, 0.05) is 18.9 Å². The number of hydrogen-bond donors (Lipinski definition) is 1. The molecule has 0 aliphatic heterocycles. The van der Waals surface area contributed by atoms with Gasteiger partial charge >= 0.3 is 0 Å². The van der Waals surface area contributed by atoms with E-state index in [0.717, 1.165) is 0 Å². The number of ether oxygens (including phenoxy) is 2. The van der Waals surface area contributed by atoms with E-state index < -0.39 is 0 Å². The molecule has 1 aromatic heterocycles. The number of hydrogen-bond acceptors (Lipinski definition) is 6. The molecule has 0 bridgehead atoms. The van der Waals surface area contributed by atoms with E-state index in [-0.39, 0.29) is 12.3 Å². The first-order chi connectivity index (χ1) is 11.1. The van der Waals surface area contributed by atoms with E-state index >= 15 is 0 Å². The maximum Gasteiger partial charge on any atom is 0.227 e. The van der Waals surface area contributed by atoms with Crippen molar-refractivity contribution in [1.29, 1.82) is 0 Å². The lowest BCUT2D eigenvalue weighted by Crippen LogP contribution is -2.13. The van der Waals surface area contributed by atoms with Crippen LogP contribution in [0.4, 0.5) is 5.69 Å². The molecule has 7 nitrogen and oxygen atoms in total. The third-order valence-electron chi connectivity index (χ3n) is 2.97. The van der Waals surface area contributed by atoms with E-state index in [0.29, 0.717) is 48.5 Å². The summed E-state index contributed by atoms with van der Waals surface area (Å²) >= 11 is 0. The maximum atomic E-state index is 12.1. The van der Waals surface area contributed by atoms with Crippen molar-refractivity contribution >= 4 is 11.6 Å². The molecule has 0 aliphatic rings. The van der Waals surface area contributed by atoms with Gasteiger partial charge in [-0.2, -0.15) is 4.98 Å². The van der Waals surface area contributed by atoms with Crippen LogP contribution in [0.3, 0.4) is 0 Å². The zero-order chi connectivity index (χ0) is 16.7. The molecule has 0 radical (unpaired) electrons. The molecular formula is C16H21N3O4. The Labute approximate surface area is 135 Å². The second kappa shape index (κ2) is 8.17. The molecule has 0 atom stereocenters. The fourth-order valence-corrected chi connectivity index (χ4v) is 2.02. The standard InChI is InChI=1S/C16H21N3O4/c1-4-21-12-6-7-14(22-5-2)13(10-12)18-15(20)8-9-16-17-11(3)19-23-16/h6-7,10H,4-5,8-9H2,1-3H3,(H,18,20). The molecule has 1 N–H and O–H groups in total. The van der Waals surface area contributed by atoms with Crippen LogP contribution in [0.5, 0.6) is 11.5 Å². The summed E-state index contributed by atoms with van der Waals surface area (Å²) in [6.45, 7) is 6.59. The first-order valence-electron chi connectivity index (χ1n) is 7.61. The van der Waals surface area contributed by atoms with Gasteiger partial charge in [0.25, 0.3) is 0 Å². The number of carbonyl (C=O) groups excluding carboxylic acids is 1. The second-order valence-electron chi connectivity index (χ2n) is 4.81. The van der Waals surface area contributed by atoms with Crippen molar-refractivity contribution in [2.24, 2.45) is 0 Å². The van der Waals surface area contributed by atoms with Gasteiger partial charge in [-0.1, -0.05) is 5.16 Å². The van der Waals surface area contributed by atoms with Gasteiger partial charge in [0.1, 0.15) is 11.5 Å². The molecule has 1 heterocycles. The summed E-state index contributed by atoms with van der Waals surface area (Å²) < 4.78 is 16.0. The topological polar surface area (TPSA) is 86.5 Å². The van der Waals surface area contributed by atoms with E-state index in [9.17, 15) is 4.79 Å². The zero-order valence-corrected chi connectivity index (χ0v) is 13.6. The molecule has 0 saturated heterocycles. The van der Waals surface area contributed by atoms with Gasteiger partial charge in [-0.15, -0.1) is 0 Å². The van der Waals surface area contributed by atoms with Gasteiger partial charge in [0.15, 0.2) is 5.82 Å². The predicted molar refractivity (Wildman–Crippen MR) is 84.8 cm³/mol. The molecule has 23 heavy (non-hydrogen) atoms. The highest BCUT2D eigenvalue weighted by Crippen LogP contribution is 2.29. The number of anilines is 1. The van der Waals surface area contributed by atoms with Gasteiger partial charge in [0.2, 0.25) is 11.8 Å². The van der Waals surface area contributed by atoms with Crippen LogP contribution >= 0.6 is 0 Å². The van der Waals surface area contributed by atoms with Crippen LogP contribution < -0.4 is 14.8 Å². The van der Waals surface area contributed by atoms with Gasteiger partial charge in [0.05, 0.1) is 18.9 Å². The number of amides is 1. The van der Waals surface area contributed by atoms with Gasteiger partial charge in [-0.25, -0.2) is 0 Å². The van der Waals surface area contributed by atoms with Crippen molar-refractivity contribution in [2.75, 3.05) is 18.5 Å². The van der Waals surface area contributed by atoms with Crippen LogP contribution in [0.15, 0.2) is 22.7 Å². The van der Waals surface area contributed by atoms with Crippen LogP contribution in [0, 0.1) is 6.92 Å². The molecule has 7 heteroatoms. The van der Waals surface area contributed by atoms with Crippen molar-refractivity contribution in [2.45, 2.75) is 33.6 Å². The molecule has 124 valence electrons. The highest BCUT2D eigenvalue weighted by molar-refractivity contribution is 5.92. The lowest BCUT2D eigenvalue weighted by Gasteiger charge is -2.13. The first kappa shape index (κ1) is 16.8. The second-order valence-corrected chi connectivity index (χ2v) is 4.81. The number of aryl methyl sites for hydroxylation is 2. The van der Waals surface area contributed by atoms with Gasteiger partial charge in [-0.3, -0.25) is 4.79 Å². The number of nitrogens with zero attached hydrogens (tertiary/aromatic N) is 2. The Kier molecular flexibility index (Phi) is 5.96. The van der Waals surface area contributed by atoms with E-state index in [4.69, 9.17) is 14.0 Å². The third-order valence-corrected chi connectivity index (χ3v) is 2.97. The minimum absolute atomic E-state index is 0.157. The number of rotatable bonds is 8. The summed E-state index contributed by atoms with van der Waals surface area (Å²) in [6.07, 6.45) is 0.633. The summed E-state index contributed by atoms with van der Waals surface area (Å²) in [4.78, 5) is 16.2. The molecule has 2 aromatic rings. The average molecular weight is 319 g/mol. The van der Waals surface area contributed by atoms with Crippen LogP contribution in [-0.2, 0) is 11.2 Å². The van der Waals surface area contributed by atoms with Crippen LogP contribution in [-0.4, -0.2) is 29.3 Å². The minimum Gasteiger partial charge on any atom is -0.494 e. The van der Waals surface area contributed by atoms with E-state index in [1.165, 1.54) is 0 Å². The van der Waals surface area contributed by atoms with Crippen molar-refractivity contribution in [1.82, 2.24) is 10.1 Å². The fourth-order valence-electron chi connectivity index (χ4n) is 2.02. The molecule has 0 saturated carbocycles. The molecule has 0 fully saturated rings. The molecule has 0 unspecified atom stereocenters. The molecule has 1 amide bonds.